The van der Waals surface area contributed by atoms with E-state index in [4.69, 9.17) is 0 Å². The molecule has 32 heavy (non-hydrogen) atoms. The van der Waals surface area contributed by atoms with E-state index in [0.29, 0.717) is 5.92 Å². The van der Waals surface area contributed by atoms with Gasteiger partial charge in [-0.1, -0.05) is 67.8 Å². The number of benzene rings is 2. The van der Waals surface area contributed by atoms with E-state index in [1.807, 2.05) is 12.1 Å². The van der Waals surface area contributed by atoms with Crippen LogP contribution in [0.4, 0.5) is 0 Å². The van der Waals surface area contributed by atoms with Crippen molar-refractivity contribution >= 4 is 22.9 Å². The Bertz CT molecular complexity index is 1210. The Labute approximate surface area is 190 Å². The van der Waals surface area contributed by atoms with E-state index in [1.165, 1.54) is 17.5 Å². The summed E-state index contributed by atoms with van der Waals surface area (Å²) in [5, 5.41) is 14.0. The number of aromatic nitrogens is 1. The zero-order valence-electron chi connectivity index (χ0n) is 19.2. The molecule has 0 aliphatic heterocycles. The first kappa shape index (κ1) is 21.9. The highest BCUT2D eigenvalue weighted by Gasteiger charge is 2.24. The highest BCUT2D eigenvalue weighted by atomic mass is 16.1. The van der Waals surface area contributed by atoms with Crippen molar-refractivity contribution < 1.29 is 4.79 Å². The van der Waals surface area contributed by atoms with Crippen molar-refractivity contribution in [1.82, 2.24) is 9.88 Å². The predicted molar refractivity (Wildman–Crippen MR) is 130 cm³/mol. The van der Waals surface area contributed by atoms with Gasteiger partial charge in [0.05, 0.1) is 0 Å². The summed E-state index contributed by atoms with van der Waals surface area (Å²) in [6.07, 6.45) is 6.23. The maximum Gasteiger partial charge on any atom is 0.262 e. The largest absolute Gasteiger partial charge is 0.348 e. The fourth-order valence-corrected chi connectivity index (χ4v) is 4.91. The fourth-order valence-electron chi connectivity index (χ4n) is 4.91. The lowest BCUT2D eigenvalue weighted by atomic mass is 9.86. The van der Waals surface area contributed by atoms with Crippen molar-refractivity contribution in [2.45, 2.75) is 59.0 Å². The minimum atomic E-state index is -0.263. The Morgan fingerprint density at radius 3 is 2.69 bits per heavy atom. The number of hydrogen-bond donors (Lipinski definition) is 1. The van der Waals surface area contributed by atoms with Gasteiger partial charge in [-0.25, -0.2) is 0 Å². The molecule has 1 aromatic heterocycles. The number of nitriles is 1. The molecular weight excluding hydrogens is 394 g/mol. The predicted octanol–water partition coefficient (Wildman–Crippen LogP) is 5.91. The molecule has 164 valence electrons. The standard InChI is InChI=1S/C28H31N3O/c1-19-9-8-11-22(15-19)18-31-21(3)25(24-12-5-7-14-27(24)31)16-23(17-29)28(32)30-26-13-6-4-10-20(26)2/h5,7-9,11-12,14-16,20,26H,4,6,10,13,18H2,1-3H3,(H,30,32)/b23-16+/t20-,26-/m0/s1. The summed E-state index contributed by atoms with van der Waals surface area (Å²) < 4.78 is 2.27. The van der Waals surface area contributed by atoms with Crippen molar-refractivity contribution in [2.24, 2.45) is 5.92 Å². The van der Waals surface area contributed by atoms with Crippen LogP contribution in [0.5, 0.6) is 0 Å². The summed E-state index contributed by atoms with van der Waals surface area (Å²) in [6.45, 7) is 7.10. The van der Waals surface area contributed by atoms with Gasteiger partial charge in [-0.15, -0.1) is 0 Å². The first-order valence-corrected chi connectivity index (χ1v) is 11.5. The lowest BCUT2D eigenvalue weighted by molar-refractivity contribution is -0.118. The molecule has 2 atom stereocenters. The molecule has 4 rings (SSSR count). The highest BCUT2D eigenvalue weighted by Crippen LogP contribution is 2.29. The number of nitrogens with zero attached hydrogens (tertiary/aromatic N) is 2. The van der Waals surface area contributed by atoms with Gasteiger partial charge in [0.25, 0.3) is 5.91 Å². The second-order valence-corrected chi connectivity index (χ2v) is 9.10. The maximum atomic E-state index is 13.0. The van der Waals surface area contributed by atoms with Crippen LogP contribution in [0, 0.1) is 31.1 Å². The number of amides is 1. The van der Waals surface area contributed by atoms with E-state index < -0.39 is 0 Å². The third kappa shape index (κ3) is 4.48. The molecule has 4 nitrogen and oxygen atoms in total. The molecule has 1 saturated carbocycles. The molecule has 0 saturated heterocycles. The van der Waals surface area contributed by atoms with E-state index in [1.54, 1.807) is 6.08 Å². The van der Waals surface area contributed by atoms with Crippen LogP contribution in [0.25, 0.3) is 17.0 Å². The summed E-state index contributed by atoms with van der Waals surface area (Å²) in [7, 11) is 0. The normalized spacial score (nSPS) is 19.0. The van der Waals surface area contributed by atoms with Gasteiger partial charge in [0.1, 0.15) is 11.6 Å². The number of rotatable bonds is 5. The van der Waals surface area contributed by atoms with E-state index in [0.717, 1.165) is 48.0 Å². The third-order valence-corrected chi connectivity index (χ3v) is 6.78. The molecule has 0 radical (unpaired) electrons. The highest BCUT2D eigenvalue weighted by molar-refractivity contribution is 6.04. The van der Waals surface area contributed by atoms with Crippen LogP contribution in [-0.2, 0) is 11.3 Å². The number of nitrogens with one attached hydrogen (secondary N) is 1. The van der Waals surface area contributed by atoms with Gasteiger partial charge in [0.15, 0.2) is 0 Å². The number of carbonyl (C=O) groups is 1. The van der Waals surface area contributed by atoms with Crippen LogP contribution in [0.1, 0.15) is 55.0 Å². The van der Waals surface area contributed by atoms with Gasteiger partial charge in [-0.05, 0) is 50.3 Å². The fraction of sp³-hybridized carbons (Fsp3) is 0.357. The van der Waals surface area contributed by atoms with Gasteiger partial charge in [0.2, 0.25) is 0 Å². The van der Waals surface area contributed by atoms with Gasteiger partial charge < -0.3 is 9.88 Å². The third-order valence-electron chi connectivity index (χ3n) is 6.78. The molecule has 0 bridgehead atoms. The minimum Gasteiger partial charge on any atom is -0.348 e. The maximum absolute atomic E-state index is 13.0. The summed E-state index contributed by atoms with van der Waals surface area (Å²) in [5.74, 6) is 0.187. The molecule has 1 aliphatic carbocycles. The zero-order chi connectivity index (χ0) is 22.7. The van der Waals surface area contributed by atoms with Crippen LogP contribution < -0.4 is 5.32 Å². The SMILES string of the molecule is Cc1cccc(Cn2c(C)c(/C=C(\C#N)C(=O)N[C@H]3CCCC[C@@H]3C)c3ccccc32)c1. The molecule has 4 heteroatoms. The van der Waals surface area contributed by atoms with E-state index in [2.05, 4.69) is 73.1 Å². The Balaban J connectivity index is 1.70. The Kier molecular flexibility index (Phi) is 6.46. The zero-order valence-corrected chi connectivity index (χ0v) is 19.2. The number of hydrogen-bond acceptors (Lipinski definition) is 2. The van der Waals surface area contributed by atoms with Crippen molar-refractivity contribution in [2.75, 3.05) is 0 Å². The molecule has 2 aromatic carbocycles. The van der Waals surface area contributed by atoms with Crippen LogP contribution >= 0.6 is 0 Å². The van der Waals surface area contributed by atoms with Gasteiger partial charge in [-0.3, -0.25) is 4.79 Å². The van der Waals surface area contributed by atoms with Crippen LogP contribution in [-0.4, -0.2) is 16.5 Å². The summed E-state index contributed by atoms with van der Waals surface area (Å²) in [4.78, 5) is 13.0. The first-order chi connectivity index (χ1) is 15.5. The number of para-hydroxylation sites is 1. The first-order valence-electron chi connectivity index (χ1n) is 11.5. The topological polar surface area (TPSA) is 57.8 Å². The molecule has 0 unspecified atom stereocenters. The molecule has 3 aromatic rings. The average Bonchev–Trinajstić information content (AvgIpc) is 3.04. The number of fused-ring (bicyclic) bond motifs is 1. The second-order valence-electron chi connectivity index (χ2n) is 9.10. The van der Waals surface area contributed by atoms with Crippen molar-refractivity contribution in [3.8, 4) is 6.07 Å². The van der Waals surface area contributed by atoms with E-state index in [-0.39, 0.29) is 17.5 Å². The van der Waals surface area contributed by atoms with Crippen molar-refractivity contribution in [3.05, 3.63) is 76.5 Å². The van der Waals surface area contributed by atoms with Gasteiger partial charge >= 0.3 is 0 Å². The molecule has 1 amide bonds. The Hall–Kier alpha value is -3.32. The lowest BCUT2D eigenvalue weighted by Crippen LogP contribution is -2.41. The average molecular weight is 426 g/mol. The molecule has 1 fully saturated rings. The Morgan fingerprint density at radius 2 is 1.94 bits per heavy atom. The van der Waals surface area contributed by atoms with Gasteiger partial charge in [-0.2, -0.15) is 5.26 Å². The van der Waals surface area contributed by atoms with E-state index >= 15 is 0 Å². The summed E-state index contributed by atoms with van der Waals surface area (Å²) >= 11 is 0. The molecule has 1 heterocycles. The molecular formula is C28H31N3O. The van der Waals surface area contributed by atoms with Crippen LogP contribution in [0.3, 0.4) is 0 Å². The molecule has 1 N–H and O–H groups in total. The van der Waals surface area contributed by atoms with Crippen LogP contribution in [0.15, 0.2) is 54.1 Å². The molecule has 0 spiro atoms. The second kappa shape index (κ2) is 9.44. The minimum absolute atomic E-state index is 0.150. The molecule has 1 aliphatic rings. The monoisotopic (exact) mass is 425 g/mol. The van der Waals surface area contributed by atoms with E-state index in [9.17, 15) is 10.1 Å². The Morgan fingerprint density at radius 1 is 1.16 bits per heavy atom. The smallest absolute Gasteiger partial charge is 0.262 e. The van der Waals surface area contributed by atoms with Crippen molar-refractivity contribution in [1.29, 1.82) is 5.26 Å². The number of aryl methyl sites for hydroxylation is 1. The number of carbonyl (C=O) groups excluding carboxylic acids is 1. The summed E-state index contributed by atoms with van der Waals surface area (Å²) in [5.41, 5.74) is 5.74. The van der Waals surface area contributed by atoms with Crippen molar-refractivity contribution in [3.63, 3.8) is 0 Å². The lowest BCUT2D eigenvalue weighted by Gasteiger charge is -2.29. The van der Waals surface area contributed by atoms with Gasteiger partial charge in [0, 0.05) is 34.7 Å². The summed E-state index contributed by atoms with van der Waals surface area (Å²) in [6, 6.07) is 19.0. The van der Waals surface area contributed by atoms with Crippen LogP contribution in [0.2, 0.25) is 0 Å². The quantitative estimate of drug-likeness (QED) is 0.408.